The van der Waals surface area contributed by atoms with Crippen LogP contribution in [0.5, 0.6) is 5.75 Å². The normalized spacial score (nSPS) is 10.1. The van der Waals surface area contributed by atoms with E-state index < -0.39 is 5.97 Å². The van der Waals surface area contributed by atoms with Crippen molar-refractivity contribution in [3.63, 3.8) is 0 Å². The molecule has 0 fully saturated rings. The molecular weight excluding hydrogens is 274 g/mol. The Morgan fingerprint density at radius 3 is 2.52 bits per heavy atom. The molecule has 2 aromatic rings. The fourth-order valence-electron chi connectivity index (χ4n) is 1.77. The van der Waals surface area contributed by atoms with Gasteiger partial charge >= 0.3 is 5.97 Å². The summed E-state index contributed by atoms with van der Waals surface area (Å²) in [6.07, 6.45) is 1.45. The fraction of sp³-hybridized carbons (Fsp3) is 0.200. The first-order valence-electron chi connectivity index (χ1n) is 6.29. The van der Waals surface area contributed by atoms with Crippen LogP contribution in [-0.2, 0) is 11.3 Å². The third-order valence-electron chi connectivity index (χ3n) is 2.78. The molecule has 0 bridgehead atoms. The number of aliphatic carboxylic acids is 1. The van der Waals surface area contributed by atoms with Gasteiger partial charge in [-0.15, -0.1) is 0 Å². The van der Waals surface area contributed by atoms with Crippen LogP contribution in [-0.4, -0.2) is 35.5 Å². The second-order valence-corrected chi connectivity index (χ2v) is 4.46. The van der Waals surface area contributed by atoms with Crippen molar-refractivity contribution >= 4 is 11.9 Å². The average Bonchev–Trinajstić information content (AvgIpc) is 2.99. The van der Waals surface area contributed by atoms with E-state index in [-0.39, 0.29) is 12.5 Å². The van der Waals surface area contributed by atoms with Gasteiger partial charge < -0.3 is 19.2 Å². The summed E-state index contributed by atoms with van der Waals surface area (Å²) in [5.41, 5.74) is 0.903. The van der Waals surface area contributed by atoms with Crippen molar-refractivity contribution in [2.75, 3.05) is 13.7 Å². The third kappa shape index (κ3) is 4.10. The van der Waals surface area contributed by atoms with E-state index in [4.69, 9.17) is 14.3 Å². The lowest BCUT2D eigenvalue weighted by Gasteiger charge is -2.16. The van der Waals surface area contributed by atoms with E-state index in [2.05, 4.69) is 0 Å². The number of carboxylic acid groups (broad SMARTS) is 1. The number of rotatable bonds is 6. The van der Waals surface area contributed by atoms with E-state index in [0.29, 0.717) is 18.1 Å². The molecule has 1 aromatic carbocycles. The van der Waals surface area contributed by atoms with Crippen LogP contribution in [0, 0.1) is 0 Å². The Hall–Kier alpha value is -2.76. The number of carbonyl (C=O) groups is 2. The number of ether oxygens (including phenoxy) is 1. The first-order chi connectivity index (χ1) is 10.1. The molecule has 0 aliphatic heterocycles. The minimum atomic E-state index is -1.03. The molecule has 0 saturated heterocycles. The maximum absolute atomic E-state index is 12.0. The molecule has 1 aromatic heterocycles. The zero-order chi connectivity index (χ0) is 15.2. The Kier molecular flexibility index (Phi) is 4.61. The van der Waals surface area contributed by atoms with Crippen molar-refractivity contribution in [2.45, 2.75) is 6.54 Å². The lowest BCUT2D eigenvalue weighted by atomic mass is 10.2. The molecule has 110 valence electrons. The molecule has 1 N–H and O–H groups in total. The van der Waals surface area contributed by atoms with Gasteiger partial charge in [0.2, 0.25) is 0 Å². The minimum Gasteiger partial charge on any atom is -0.482 e. The first-order valence-corrected chi connectivity index (χ1v) is 6.29. The fourth-order valence-corrected chi connectivity index (χ4v) is 1.77. The van der Waals surface area contributed by atoms with Gasteiger partial charge in [-0.1, -0.05) is 12.1 Å². The minimum absolute atomic E-state index is 0.203. The van der Waals surface area contributed by atoms with Crippen LogP contribution < -0.4 is 4.74 Å². The highest BCUT2D eigenvalue weighted by atomic mass is 16.5. The molecular formula is C15H15NO5. The summed E-state index contributed by atoms with van der Waals surface area (Å²) in [6.45, 7) is 0.0367. The quantitative estimate of drug-likeness (QED) is 0.880. The molecule has 1 heterocycles. The molecule has 0 saturated carbocycles. The molecule has 1 amide bonds. The van der Waals surface area contributed by atoms with Gasteiger partial charge in [0.15, 0.2) is 12.4 Å². The highest BCUT2D eigenvalue weighted by Crippen LogP contribution is 2.14. The van der Waals surface area contributed by atoms with Gasteiger partial charge in [-0.05, 0) is 29.8 Å². The molecule has 2 rings (SSSR count). The van der Waals surface area contributed by atoms with E-state index in [9.17, 15) is 9.59 Å². The van der Waals surface area contributed by atoms with Gasteiger partial charge in [-0.2, -0.15) is 0 Å². The van der Waals surface area contributed by atoms with E-state index in [0.717, 1.165) is 5.56 Å². The molecule has 0 spiro atoms. The summed E-state index contributed by atoms with van der Waals surface area (Å²) in [6, 6.07) is 10.2. The van der Waals surface area contributed by atoms with Crippen molar-refractivity contribution in [1.29, 1.82) is 0 Å². The van der Waals surface area contributed by atoms with Crippen molar-refractivity contribution < 1.29 is 23.8 Å². The Labute approximate surface area is 121 Å². The number of carboxylic acids is 1. The van der Waals surface area contributed by atoms with Crippen molar-refractivity contribution in [3.8, 4) is 5.75 Å². The maximum atomic E-state index is 12.0. The molecule has 0 atom stereocenters. The van der Waals surface area contributed by atoms with Crippen molar-refractivity contribution in [3.05, 3.63) is 54.0 Å². The zero-order valence-corrected chi connectivity index (χ0v) is 11.5. The van der Waals surface area contributed by atoms with Crippen molar-refractivity contribution in [1.82, 2.24) is 4.90 Å². The number of carbonyl (C=O) groups excluding carboxylic acids is 1. The van der Waals surface area contributed by atoms with Crippen molar-refractivity contribution in [2.24, 2.45) is 0 Å². The predicted molar refractivity (Wildman–Crippen MR) is 74.1 cm³/mol. The van der Waals surface area contributed by atoms with Crippen LogP contribution in [0.15, 0.2) is 47.1 Å². The smallest absolute Gasteiger partial charge is 0.341 e. The highest BCUT2D eigenvalue weighted by Gasteiger charge is 2.14. The second-order valence-electron chi connectivity index (χ2n) is 4.46. The van der Waals surface area contributed by atoms with Crippen LogP contribution in [0.25, 0.3) is 0 Å². The van der Waals surface area contributed by atoms with Crippen LogP contribution in [0.3, 0.4) is 0 Å². The summed E-state index contributed by atoms with van der Waals surface area (Å²) < 4.78 is 10.1. The average molecular weight is 289 g/mol. The lowest BCUT2D eigenvalue weighted by Crippen LogP contribution is -2.25. The standard InChI is InChI=1S/C15H15NO5/c1-16(15(19)13-3-2-8-20-13)9-11-4-6-12(7-5-11)21-10-14(17)18/h2-8H,9-10H2,1H3,(H,17,18). The number of hydrogen-bond acceptors (Lipinski definition) is 4. The monoisotopic (exact) mass is 289 g/mol. The number of hydrogen-bond donors (Lipinski definition) is 1. The Bertz CT molecular complexity index is 604. The van der Waals surface area contributed by atoms with Crippen LogP contribution in [0.4, 0.5) is 0 Å². The van der Waals surface area contributed by atoms with E-state index in [1.165, 1.54) is 11.2 Å². The van der Waals surface area contributed by atoms with Gasteiger partial charge in [0, 0.05) is 13.6 Å². The Morgan fingerprint density at radius 1 is 1.24 bits per heavy atom. The molecule has 0 radical (unpaired) electrons. The number of amides is 1. The first kappa shape index (κ1) is 14.6. The van der Waals surface area contributed by atoms with Crippen LogP contribution >= 0.6 is 0 Å². The topological polar surface area (TPSA) is 80.0 Å². The predicted octanol–water partition coefficient (Wildman–Crippen LogP) is 2.02. The molecule has 21 heavy (non-hydrogen) atoms. The van der Waals surface area contributed by atoms with E-state index >= 15 is 0 Å². The van der Waals surface area contributed by atoms with Gasteiger partial charge in [0.1, 0.15) is 5.75 Å². The van der Waals surface area contributed by atoms with Crippen LogP contribution in [0.1, 0.15) is 16.1 Å². The number of nitrogens with zero attached hydrogens (tertiary/aromatic N) is 1. The summed E-state index contributed by atoms with van der Waals surface area (Å²) in [5.74, 6) is -0.464. The highest BCUT2D eigenvalue weighted by molar-refractivity contribution is 5.91. The lowest BCUT2D eigenvalue weighted by molar-refractivity contribution is -0.139. The summed E-state index contributed by atoms with van der Waals surface area (Å²) >= 11 is 0. The molecule has 6 nitrogen and oxygen atoms in total. The summed E-state index contributed by atoms with van der Waals surface area (Å²) in [5, 5.41) is 8.52. The molecule has 0 unspecified atom stereocenters. The Balaban J connectivity index is 1.93. The van der Waals surface area contributed by atoms with Gasteiger partial charge in [0.05, 0.1) is 6.26 Å². The SMILES string of the molecule is CN(Cc1ccc(OCC(=O)O)cc1)C(=O)c1ccco1. The maximum Gasteiger partial charge on any atom is 0.341 e. The van der Waals surface area contributed by atoms with E-state index in [1.54, 1.807) is 43.4 Å². The van der Waals surface area contributed by atoms with Gasteiger partial charge in [-0.3, -0.25) is 4.79 Å². The second kappa shape index (κ2) is 6.60. The van der Waals surface area contributed by atoms with Gasteiger partial charge in [-0.25, -0.2) is 4.79 Å². The molecule has 0 aliphatic rings. The third-order valence-corrected chi connectivity index (χ3v) is 2.78. The molecule has 6 heteroatoms. The van der Waals surface area contributed by atoms with Crippen LogP contribution in [0.2, 0.25) is 0 Å². The number of furan rings is 1. The summed E-state index contributed by atoms with van der Waals surface area (Å²) in [7, 11) is 1.68. The number of benzene rings is 1. The Morgan fingerprint density at radius 2 is 1.95 bits per heavy atom. The zero-order valence-electron chi connectivity index (χ0n) is 11.5. The van der Waals surface area contributed by atoms with E-state index in [1.807, 2.05) is 0 Å². The summed E-state index contributed by atoms with van der Waals surface area (Å²) in [4.78, 5) is 23.9. The van der Waals surface area contributed by atoms with Gasteiger partial charge in [0.25, 0.3) is 5.91 Å². The molecule has 0 aliphatic carbocycles. The largest absolute Gasteiger partial charge is 0.482 e.